The molecule has 0 amide bonds. The van der Waals surface area contributed by atoms with E-state index in [0.29, 0.717) is 0 Å². The molecule has 0 aliphatic heterocycles. The van der Waals surface area contributed by atoms with Crippen LogP contribution in [0.5, 0.6) is 0 Å². The summed E-state index contributed by atoms with van der Waals surface area (Å²) in [5.74, 6) is 0. The SMILES string of the molecule is C=C(C)C[SiH2]C(c1ccccc1)(c1ccccc1)n1ccnc1. The van der Waals surface area contributed by atoms with Crippen LogP contribution in [0, 0.1) is 0 Å². The lowest BCUT2D eigenvalue weighted by atomic mass is 9.97. The Bertz CT molecular complexity index is 709. The van der Waals surface area contributed by atoms with Crippen LogP contribution in [0.4, 0.5) is 0 Å². The fraction of sp³-hybridized carbons (Fsp3) is 0.150. The molecule has 1 aromatic heterocycles. The van der Waals surface area contributed by atoms with Gasteiger partial charge in [0.2, 0.25) is 0 Å². The fourth-order valence-electron chi connectivity index (χ4n) is 3.19. The first kappa shape index (κ1) is 15.5. The summed E-state index contributed by atoms with van der Waals surface area (Å²) in [4.78, 5) is 4.33. The van der Waals surface area contributed by atoms with Gasteiger partial charge < -0.3 is 4.57 Å². The number of allylic oxidation sites excluding steroid dienone is 1. The lowest BCUT2D eigenvalue weighted by molar-refractivity contribution is 0.592. The van der Waals surface area contributed by atoms with Crippen LogP contribution in [0.15, 0.2) is 91.5 Å². The summed E-state index contributed by atoms with van der Waals surface area (Å²) in [5.41, 5.74) is 3.92. The summed E-state index contributed by atoms with van der Waals surface area (Å²) in [5, 5.41) is -0.127. The zero-order chi connectivity index (χ0) is 16.1. The van der Waals surface area contributed by atoms with Crippen molar-refractivity contribution in [2.24, 2.45) is 0 Å². The molecule has 0 aliphatic rings. The van der Waals surface area contributed by atoms with Crippen molar-refractivity contribution in [3.05, 3.63) is 103 Å². The van der Waals surface area contributed by atoms with E-state index in [0.717, 1.165) is 6.04 Å². The molecule has 3 aromatic rings. The topological polar surface area (TPSA) is 17.8 Å². The van der Waals surface area contributed by atoms with Crippen molar-refractivity contribution in [1.82, 2.24) is 9.55 Å². The Morgan fingerprint density at radius 1 is 1.04 bits per heavy atom. The van der Waals surface area contributed by atoms with Crippen LogP contribution >= 0.6 is 0 Å². The molecule has 1 heterocycles. The van der Waals surface area contributed by atoms with E-state index in [1.165, 1.54) is 16.7 Å². The highest BCUT2D eigenvalue weighted by atomic mass is 28.2. The predicted molar refractivity (Wildman–Crippen MR) is 99.5 cm³/mol. The van der Waals surface area contributed by atoms with E-state index in [1.54, 1.807) is 0 Å². The van der Waals surface area contributed by atoms with Crippen LogP contribution in [0.1, 0.15) is 18.1 Å². The Balaban J connectivity index is 2.23. The first-order chi connectivity index (χ1) is 11.2. The van der Waals surface area contributed by atoms with E-state index in [4.69, 9.17) is 0 Å². The zero-order valence-corrected chi connectivity index (χ0v) is 14.9. The van der Waals surface area contributed by atoms with Gasteiger partial charge in [0.1, 0.15) is 0 Å². The minimum atomic E-state index is -0.571. The highest BCUT2D eigenvalue weighted by molar-refractivity contribution is 6.42. The molecule has 0 fully saturated rings. The van der Waals surface area contributed by atoms with Crippen molar-refractivity contribution in [2.45, 2.75) is 18.1 Å². The van der Waals surface area contributed by atoms with Crippen molar-refractivity contribution in [3.63, 3.8) is 0 Å². The molecule has 3 rings (SSSR count). The summed E-state index contributed by atoms with van der Waals surface area (Å²) in [7, 11) is -0.571. The molecule has 23 heavy (non-hydrogen) atoms. The van der Waals surface area contributed by atoms with Crippen LogP contribution in [0.2, 0.25) is 6.04 Å². The van der Waals surface area contributed by atoms with Crippen LogP contribution < -0.4 is 0 Å². The van der Waals surface area contributed by atoms with E-state index in [1.807, 2.05) is 12.5 Å². The summed E-state index contributed by atoms with van der Waals surface area (Å²) in [6.07, 6.45) is 5.91. The average Bonchev–Trinajstić information content (AvgIpc) is 3.12. The van der Waals surface area contributed by atoms with E-state index in [-0.39, 0.29) is 5.16 Å². The van der Waals surface area contributed by atoms with Gasteiger partial charge in [-0.1, -0.05) is 66.2 Å². The van der Waals surface area contributed by atoms with E-state index >= 15 is 0 Å². The van der Waals surface area contributed by atoms with Gasteiger partial charge in [0, 0.05) is 12.4 Å². The highest BCUT2D eigenvalue weighted by Crippen LogP contribution is 2.34. The molecule has 0 saturated carbocycles. The Labute approximate surface area is 140 Å². The standard InChI is InChI=1S/C20H22N2Si/c1-17(2)15-23-20(22-14-13-21-16-22,18-9-5-3-6-10-18)19-11-7-4-8-12-19/h3-14,16H,1,15,23H2,2H3. The maximum Gasteiger partial charge on any atom is 0.0953 e. The first-order valence-electron chi connectivity index (χ1n) is 7.97. The minimum Gasteiger partial charge on any atom is -0.327 e. The normalized spacial score (nSPS) is 11.9. The monoisotopic (exact) mass is 318 g/mol. The van der Waals surface area contributed by atoms with Crippen LogP contribution in [0.3, 0.4) is 0 Å². The van der Waals surface area contributed by atoms with Gasteiger partial charge in [0.25, 0.3) is 0 Å². The van der Waals surface area contributed by atoms with Gasteiger partial charge in [-0.05, 0) is 24.1 Å². The highest BCUT2D eigenvalue weighted by Gasteiger charge is 2.35. The molecule has 2 aromatic carbocycles. The molecule has 0 radical (unpaired) electrons. The van der Waals surface area contributed by atoms with Gasteiger partial charge in [-0.2, -0.15) is 0 Å². The second-order valence-corrected chi connectivity index (χ2v) is 8.04. The van der Waals surface area contributed by atoms with Crippen LogP contribution in [-0.2, 0) is 5.16 Å². The van der Waals surface area contributed by atoms with E-state index in [2.05, 4.69) is 89.9 Å². The Kier molecular flexibility index (Phi) is 4.58. The molecule has 116 valence electrons. The molecule has 0 aliphatic carbocycles. The number of imidazole rings is 1. The molecule has 3 heteroatoms. The molecule has 0 bridgehead atoms. The number of hydrogen-bond donors (Lipinski definition) is 0. The average molecular weight is 318 g/mol. The summed E-state index contributed by atoms with van der Waals surface area (Å²) in [6.45, 7) is 6.26. The van der Waals surface area contributed by atoms with E-state index in [9.17, 15) is 0 Å². The number of aromatic nitrogens is 2. The molecule has 0 atom stereocenters. The Hall–Kier alpha value is -2.39. The minimum absolute atomic E-state index is 0.127. The quantitative estimate of drug-likeness (QED) is 0.499. The number of rotatable bonds is 6. The third-order valence-corrected chi connectivity index (χ3v) is 7.37. The zero-order valence-electron chi connectivity index (χ0n) is 13.5. The number of nitrogens with zero attached hydrogens (tertiary/aromatic N) is 2. The molecule has 0 saturated heterocycles. The van der Waals surface area contributed by atoms with Crippen molar-refractivity contribution >= 4 is 9.52 Å². The smallest absolute Gasteiger partial charge is 0.0953 e. The van der Waals surface area contributed by atoms with Crippen LogP contribution in [0.25, 0.3) is 0 Å². The largest absolute Gasteiger partial charge is 0.327 e. The summed E-state index contributed by atoms with van der Waals surface area (Å²) in [6, 6.07) is 22.7. The lowest BCUT2D eigenvalue weighted by Gasteiger charge is -2.37. The Morgan fingerprint density at radius 2 is 1.61 bits per heavy atom. The second-order valence-electron chi connectivity index (χ2n) is 6.02. The first-order valence-corrected chi connectivity index (χ1v) is 9.68. The van der Waals surface area contributed by atoms with Crippen molar-refractivity contribution in [2.75, 3.05) is 0 Å². The molecule has 2 nitrogen and oxygen atoms in total. The third-order valence-electron chi connectivity index (χ3n) is 4.36. The van der Waals surface area contributed by atoms with Gasteiger partial charge in [-0.3, -0.25) is 0 Å². The van der Waals surface area contributed by atoms with Gasteiger partial charge in [-0.25, -0.2) is 4.98 Å². The van der Waals surface area contributed by atoms with Crippen LogP contribution in [-0.4, -0.2) is 19.1 Å². The van der Waals surface area contributed by atoms with Gasteiger partial charge in [0.15, 0.2) is 0 Å². The van der Waals surface area contributed by atoms with Gasteiger partial charge in [-0.15, -0.1) is 6.58 Å². The van der Waals surface area contributed by atoms with E-state index < -0.39 is 9.52 Å². The van der Waals surface area contributed by atoms with Gasteiger partial charge in [0.05, 0.1) is 21.0 Å². The Morgan fingerprint density at radius 3 is 2.04 bits per heavy atom. The molecule has 0 N–H and O–H groups in total. The fourth-order valence-corrected chi connectivity index (χ4v) is 5.47. The van der Waals surface area contributed by atoms with Crippen molar-refractivity contribution < 1.29 is 0 Å². The number of benzene rings is 2. The second kappa shape index (κ2) is 6.80. The maximum atomic E-state index is 4.33. The summed E-state index contributed by atoms with van der Waals surface area (Å²) < 4.78 is 2.28. The van der Waals surface area contributed by atoms with Crippen molar-refractivity contribution in [1.29, 1.82) is 0 Å². The predicted octanol–water partition coefficient (Wildman–Crippen LogP) is 3.80. The molecule has 0 spiro atoms. The van der Waals surface area contributed by atoms with Gasteiger partial charge >= 0.3 is 0 Å². The number of hydrogen-bond acceptors (Lipinski definition) is 1. The van der Waals surface area contributed by atoms with Crippen molar-refractivity contribution in [3.8, 4) is 0 Å². The third kappa shape index (κ3) is 3.05. The molecule has 0 unspecified atom stereocenters. The summed E-state index contributed by atoms with van der Waals surface area (Å²) >= 11 is 0. The lowest BCUT2D eigenvalue weighted by Crippen LogP contribution is -2.41. The molecular weight excluding hydrogens is 296 g/mol. The maximum absolute atomic E-state index is 4.33. The molecular formula is C20H22N2Si.